The van der Waals surface area contributed by atoms with Gasteiger partial charge in [-0.05, 0) is 36.3 Å². The molecule has 2 atom stereocenters. The second-order valence-corrected chi connectivity index (χ2v) is 6.51. The molecule has 1 aromatic rings. The van der Waals surface area contributed by atoms with Crippen molar-refractivity contribution >= 4 is 11.9 Å². The molecule has 23 heavy (non-hydrogen) atoms. The minimum absolute atomic E-state index is 0.0411. The highest BCUT2D eigenvalue weighted by atomic mass is 16.5. The van der Waals surface area contributed by atoms with Crippen molar-refractivity contribution in [3.05, 3.63) is 35.4 Å². The molecule has 0 unspecified atom stereocenters. The van der Waals surface area contributed by atoms with Crippen molar-refractivity contribution in [3.8, 4) is 0 Å². The van der Waals surface area contributed by atoms with E-state index in [1.165, 1.54) is 11.1 Å². The van der Waals surface area contributed by atoms with Crippen molar-refractivity contribution in [1.29, 1.82) is 0 Å². The fourth-order valence-corrected chi connectivity index (χ4v) is 3.59. The molecular weight excluding hydrogens is 294 g/mol. The van der Waals surface area contributed by atoms with Gasteiger partial charge in [0.1, 0.15) is 0 Å². The van der Waals surface area contributed by atoms with Crippen LogP contribution in [-0.4, -0.2) is 47.7 Å². The standard InChI is InChI=1S/C18H23NO4/c20-17(19-7-8-23-16(12-19)11-18(21)22)10-13-5-6-14-3-1-2-4-15(14)9-13/h1-4,13,16H,5-12H2,(H,21,22)/t13-,16-/m0/s1. The van der Waals surface area contributed by atoms with Crippen LogP contribution in [0.25, 0.3) is 0 Å². The Bertz CT molecular complexity index is 586. The number of amides is 1. The molecule has 1 aromatic carbocycles. The number of carboxylic acids is 1. The van der Waals surface area contributed by atoms with E-state index in [-0.39, 0.29) is 18.4 Å². The summed E-state index contributed by atoms with van der Waals surface area (Å²) in [5, 5.41) is 8.86. The molecule has 1 aliphatic heterocycles. The Morgan fingerprint density at radius 2 is 2.00 bits per heavy atom. The number of benzene rings is 1. The van der Waals surface area contributed by atoms with Gasteiger partial charge in [-0.15, -0.1) is 0 Å². The van der Waals surface area contributed by atoms with E-state index >= 15 is 0 Å². The molecule has 0 aromatic heterocycles. The first-order valence-corrected chi connectivity index (χ1v) is 8.30. The first kappa shape index (κ1) is 16.0. The maximum atomic E-state index is 12.5. The number of morpholine rings is 1. The minimum Gasteiger partial charge on any atom is -0.481 e. The Hall–Kier alpha value is -1.88. The largest absolute Gasteiger partial charge is 0.481 e. The van der Waals surface area contributed by atoms with Crippen molar-refractivity contribution in [1.82, 2.24) is 4.90 Å². The Morgan fingerprint density at radius 3 is 2.78 bits per heavy atom. The summed E-state index contributed by atoms with van der Waals surface area (Å²) < 4.78 is 5.43. The van der Waals surface area contributed by atoms with Crippen LogP contribution < -0.4 is 0 Å². The summed E-state index contributed by atoms with van der Waals surface area (Å²) in [7, 11) is 0. The van der Waals surface area contributed by atoms with Crippen LogP contribution in [0.15, 0.2) is 24.3 Å². The van der Waals surface area contributed by atoms with Crippen LogP contribution in [0, 0.1) is 5.92 Å². The highest BCUT2D eigenvalue weighted by molar-refractivity contribution is 5.77. The summed E-state index contributed by atoms with van der Waals surface area (Å²) in [4.78, 5) is 25.1. The fourth-order valence-electron chi connectivity index (χ4n) is 3.59. The number of fused-ring (bicyclic) bond motifs is 1. The van der Waals surface area contributed by atoms with E-state index in [0.29, 0.717) is 32.0 Å². The van der Waals surface area contributed by atoms with E-state index in [1.807, 2.05) is 0 Å². The monoisotopic (exact) mass is 317 g/mol. The number of carbonyl (C=O) groups is 2. The van der Waals surface area contributed by atoms with Gasteiger partial charge in [-0.3, -0.25) is 9.59 Å². The average molecular weight is 317 g/mol. The van der Waals surface area contributed by atoms with E-state index in [2.05, 4.69) is 24.3 Å². The summed E-state index contributed by atoms with van der Waals surface area (Å²) in [6.07, 6.45) is 3.18. The molecule has 0 spiro atoms. The first-order chi connectivity index (χ1) is 11.1. The van der Waals surface area contributed by atoms with Gasteiger partial charge >= 0.3 is 5.97 Å². The zero-order valence-electron chi connectivity index (χ0n) is 13.2. The molecule has 5 nitrogen and oxygen atoms in total. The molecule has 3 rings (SSSR count). The number of hydrogen-bond donors (Lipinski definition) is 1. The van der Waals surface area contributed by atoms with Crippen molar-refractivity contribution < 1.29 is 19.4 Å². The van der Waals surface area contributed by atoms with Crippen molar-refractivity contribution in [2.45, 2.75) is 38.2 Å². The Morgan fingerprint density at radius 1 is 1.22 bits per heavy atom. The molecule has 5 heteroatoms. The molecule has 1 N–H and O–H groups in total. The molecule has 1 saturated heterocycles. The maximum absolute atomic E-state index is 12.5. The van der Waals surface area contributed by atoms with Crippen LogP contribution in [0.5, 0.6) is 0 Å². The number of rotatable bonds is 4. The number of carbonyl (C=O) groups excluding carboxylic acids is 1. The average Bonchev–Trinajstić information content (AvgIpc) is 2.54. The molecule has 1 aliphatic carbocycles. The van der Waals surface area contributed by atoms with Crippen molar-refractivity contribution in [2.24, 2.45) is 5.92 Å². The van der Waals surface area contributed by atoms with Gasteiger partial charge in [-0.25, -0.2) is 0 Å². The SMILES string of the molecule is O=C(O)C[C@H]1CN(C(=O)C[C@H]2CCc3ccccc3C2)CCO1. The molecule has 2 aliphatic rings. The smallest absolute Gasteiger partial charge is 0.306 e. The number of carboxylic acid groups (broad SMARTS) is 1. The summed E-state index contributed by atoms with van der Waals surface area (Å²) in [6.45, 7) is 1.39. The summed E-state index contributed by atoms with van der Waals surface area (Å²) >= 11 is 0. The Balaban J connectivity index is 1.54. The van der Waals surface area contributed by atoms with Crippen LogP contribution in [0.1, 0.15) is 30.4 Å². The molecule has 1 fully saturated rings. The highest BCUT2D eigenvalue weighted by Crippen LogP contribution is 2.28. The fraction of sp³-hybridized carbons (Fsp3) is 0.556. The third kappa shape index (κ3) is 4.10. The van der Waals surface area contributed by atoms with E-state index in [1.54, 1.807) is 4.90 Å². The summed E-state index contributed by atoms with van der Waals surface area (Å²) in [5.41, 5.74) is 2.77. The molecule has 1 heterocycles. The first-order valence-electron chi connectivity index (χ1n) is 8.30. The second-order valence-electron chi connectivity index (χ2n) is 6.51. The van der Waals surface area contributed by atoms with E-state index < -0.39 is 5.97 Å². The van der Waals surface area contributed by atoms with E-state index in [4.69, 9.17) is 9.84 Å². The molecule has 0 saturated carbocycles. The number of aliphatic carboxylic acids is 1. The summed E-state index contributed by atoms with van der Waals surface area (Å²) in [6, 6.07) is 8.46. The lowest BCUT2D eigenvalue weighted by atomic mass is 9.82. The van der Waals surface area contributed by atoms with Gasteiger partial charge in [0.15, 0.2) is 0 Å². The van der Waals surface area contributed by atoms with Gasteiger partial charge in [0.2, 0.25) is 5.91 Å². The Kier molecular flexibility index (Phi) is 4.96. The minimum atomic E-state index is -0.881. The number of ether oxygens (including phenoxy) is 1. The van der Waals surface area contributed by atoms with E-state index in [0.717, 1.165) is 19.3 Å². The molecule has 0 bridgehead atoms. The van der Waals surface area contributed by atoms with Gasteiger partial charge in [0, 0.05) is 19.5 Å². The third-order valence-electron chi connectivity index (χ3n) is 4.81. The molecule has 1 amide bonds. The highest BCUT2D eigenvalue weighted by Gasteiger charge is 2.28. The predicted octanol–water partition coefficient (Wildman–Crippen LogP) is 1.88. The number of aryl methyl sites for hydroxylation is 1. The predicted molar refractivity (Wildman–Crippen MR) is 85.1 cm³/mol. The lowest BCUT2D eigenvalue weighted by Crippen LogP contribution is -2.46. The lowest BCUT2D eigenvalue weighted by Gasteiger charge is -2.34. The van der Waals surface area contributed by atoms with Crippen LogP contribution in [0.3, 0.4) is 0 Å². The van der Waals surface area contributed by atoms with Crippen LogP contribution in [0.2, 0.25) is 0 Å². The quantitative estimate of drug-likeness (QED) is 0.921. The van der Waals surface area contributed by atoms with Gasteiger partial charge in [-0.1, -0.05) is 24.3 Å². The zero-order chi connectivity index (χ0) is 16.2. The molecular formula is C18H23NO4. The van der Waals surface area contributed by atoms with Crippen LogP contribution in [0.4, 0.5) is 0 Å². The summed E-state index contributed by atoms with van der Waals surface area (Å²) in [5.74, 6) is -0.362. The lowest BCUT2D eigenvalue weighted by molar-refractivity contribution is -0.148. The topological polar surface area (TPSA) is 66.8 Å². The van der Waals surface area contributed by atoms with Crippen LogP contribution in [-0.2, 0) is 27.2 Å². The number of nitrogens with zero attached hydrogens (tertiary/aromatic N) is 1. The van der Waals surface area contributed by atoms with Gasteiger partial charge in [-0.2, -0.15) is 0 Å². The van der Waals surface area contributed by atoms with Crippen molar-refractivity contribution in [3.63, 3.8) is 0 Å². The van der Waals surface area contributed by atoms with Gasteiger partial charge in [0.05, 0.1) is 19.1 Å². The van der Waals surface area contributed by atoms with Crippen LogP contribution >= 0.6 is 0 Å². The number of hydrogen-bond acceptors (Lipinski definition) is 3. The Labute approximate surface area is 136 Å². The van der Waals surface area contributed by atoms with E-state index in [9.17, 15) is 9.59 Å². The third-order valence-corrected chi connectivity index (χ3v) is 4.81. The second kappa shape index (κ2) is 7.13. The van der Waals surface area contributed by atoms with Crippen molar-refractivity contribution in [2.75, 3.05) is 19.7 Å². The van der Waals surface area contributed by atoms with Gasteiger partial charge < -0.3 is 14.7 Å². The molecule has 124 valence electrons. The van der Waals surface area contributed by atoms with Gasteiger partial charge in [0.25, 0.3) is 0 Å². The zero-order valence-corrected chi connectivity index (χ0v) is 13.2. The molecule has 0 radical (unpaired) electrons. The normalized spacial score (nSPS) is 24.1. The maximum Gasteiger partial charge on any atom is 0.306 e.